The summed E-state index contributed by atoms with van der Waals surface area (Å²) in [7, 11) is 0. The summed E-state index contributed by atoms with van der Waals surface area (Å²) in [6, 6.07) is 17.1. The fourth-order valence-corrected chi connectivity index (χ4v) is 4.30. The molecule has 0 unspecified atom stereocenters. The first kappa shape index (κ1) is 21.1. The summed E-state index contributed by atoms with van der Waals surface area (Å²) >= 11 is 1.44. The number of nitrogens with zero attached hydrogens (tertiary/aromatic N) is 1. The van der Waals surface area contributed by atoms with Gasteiger partial charge in [-0.2, -0.15) is 0 Å². The van der Waals surface area contributed by atoms with Crippen molar-refractivity contribution in [2.24, 2.45) is 5.92 Å². The van der Waals surface area contributed by atoms with Crippen LogP contribution in [-0.4, -0.2) is 29.8 Å². The third kappa shape index (κ3) is 5.49. The Balaban J connectivity index is 1.29. The lowest BCUT2D eigenvalue weighted by Crippen LogP contribution is -2.41. The zero-order valence-corrected chi connectivity index (χ0v) is 17.7. The Hall–Kier alpha value is -3.19. The lowest BCUT2D eigenvalue weighted by Gasteiger charge is -2.31. The molecule has 1 aliphatic heterocycles. The maximum atomic E-state index is 13.3. The van der Waals surface area contributed by atoms with E-state index in [1.165, 1.54) is 23.5 Å². The smallest absolute Gasteiger partial charge is 0.263 e. The lowest BCUT2D eigenvalue weighted by molar-refractivity contribution is -0.121. The van der Waals surface area contributed by atoms with Gasteiger partial charge in [-0.1, -0.05) is 24.3 Å². The van der Waals surface area contributed by atoms with Gasteiger partial charge in [-0.3, -0.25) is 9.59 Å². The second kappa shape index (κ2) is 9.75. The summed E-state index contributed by atoms with van der Waals surface area (Å²) in [6.07, 6.45) is 1.29. The fourth-order valence-electron chi connectivity index (χ4n) is 3.61. The number of anilines is 1. The van der Waals surface area contributed by atoms with Gasteiger partial charge in [0.2, 0.25) is 5.91 Å². The molecule has 2 heterocycles. The number of nitrogens with one attached hydrogen (secondary N) is 1. The number of piperidine rings is 1. The summed E-state index contributed by atoms with van der Waals surface area (Å²) < 4.78 is 18.9. The minimum atomic E-state index is -0.346. The lowest BCUT2D eigenvalue weighted by atomic mass is 9.95. The van der Waals surface area contributed by atoms with Gasteiger partial charge < -0.3 is 15.0 Å². The number of halogens is 1. The van der Waals surface area contributed by atoms with Crippen LogP contribution in [0, 0.1) is 11.7 Å². The normalized spacial score (nSPS) is 14.3. The average molecular weight is 439 g/mol. The average Bonchev–Trinajstić information content (AvgIpc) is 3.33. The second-order valence-electron chi connectivity index (χ2n) is 7.48. The van der Waals surface area contributed by atoms with E-state index in [1.807, 2.05) is 46.7 Å². The molecule has 0 atom stereocenters. The zero-order valence-electron chi connectivity index (χ0n) is 16.9. The van der Waals surface area contributed by atoms with E-state index in [9.17, 15) is 14.0 Å². The molecule has 1 saturated heterocycles. The van der Waals surface area contributed by atoms with Crippen molar-refractivity contribution in [3.8, 4) is 5.75 Å². The molecule has 2 aromatic carbocycles. The first-order valence-electron chi connectivity index (χ1n) is 10.2. The van der Waals surface area contributed by atoms with Gasteiger partial charge in [0.1, 0.15) is 18.2 Å². The Morgan fingerprint density at radius 2 is 1.87 bits per heavy atom. The molecular formula is C24H23FN2O3S. The maximum absolute atomic E-state index is 13.3. The maximum Gasteiger partial charge on any atom is 0.263 e. The highest BCUT2D eigenvalue weighted by Gasteiger charge is 2.28. The highest BCUT2D eigenvalue weighted by molar-refractivity contribution is 7.12. The van der Waals surface area contributed by atoms with Gasteiger partial charge in [0.05, 0.1) is 4.88 Å². The van der Waals surface area contributed by atoms with Gasteiger partial charge in [0.15, 0.2) is 0 Å². The van der Waals surface area contributed by atoms with Crippen LogP contribution in [0.4, 0.5) is 10.1 Å². The van der Waals surface area contributed by atoms with Gasteiger partial charge in [-0.05, 0) is 54.1 Å². The predicted molar refractivity (Wildman–Crippen MR) is 119 cm³/mol. The van der Waals surface area contributed by atoms with Crippen LogP contribution in [0.1, 0.15) is 28.1 Å². The molecule has 0 bridgehead atoms. The van der Waals surface area contributed by atoms with Gasteiger partial charge in [0, 0.05) is 30.8 Å². The first-order chi connectivity index (χ1) is 15.1. The highest BCUT2D eigenvalue weighted by Crippen LogP contribution is 2.23. The van der Waals surface area contributed by atoms with E-state index in [1.54, 1.807) is 12.1 Å². The molecule has 31 heavy (non-hydrogen) atoms. The van der Waals surface area contributed by atoms with E-state index < -0.39 is 0 Å². The summed E-state index contributed by atoms with van der Waals surface area (Å²) in [5, 5.41) is 4.87. The number of ether oxygens (including phenoxy) is 1. The third-order valence-electron chi connectivity index (χ3n) is 5.28. The van der Waals surface area contributed by atoms with E-state index in [0.717, 1.165) is 10.4 Å². The molecular weight excluding hydrogens is 415 g/mol. The van der Waals surface area contributed by atoms with Crippen molar-refractivity contribution in [3.05, 3.63) is 82.3 Å². The number of likely N-dealkylation sites (tertiary alicyclic amines) is 1. The monoisotopic (exact) mass is 438 g/mol. The van der Waals surface area contributed by atoms with Gasteiger partial charge in [0.25, 0.3) is 5.91 Å². The SMILES string of the molecule is O=C(Nc1cccc(COc2cccc(F)c2)c1)C1CCN(C(=O)c2cccs2)CC1. The molecule has 3 aromatic rings. The van der Waals surface area contributed by atoms with Crippen LogP contribution in [0.25, 0.3) is 0 Å². The van der Waals surface area contributed by atoms with Crippen molar-refractivity contribution in [1.82, 2.24) is 4.90 Å². The molecule has 0 aliphatic carbocycles. The van der Waals surface area contributed by atoms with E-state index in [2.05, 4.69) is 5.32 Å². The molecule has 1 aliphatic rings. The zero-order chi connectivity index (χ0) is 21.6. The second-order valence-corrected chi connectivity index (χ2v) is 8.43. The Morgan fingerprint density at radius 3 is 2.61 bits per heavy atom. The molecule has 0 radical (unpaired) electrons. The molecule has 0 saturated carbocycles. The Labute approximate surface area is 184 Å². The van der Waals surface area contributed by atoms with Gasteiger partial charge in [-0.25, -0.2) is 4.39 Å². The highest BCUT2D eigenvalue weighted by atomic mass is 32.1. The van der Waals surface area contributed by atoms with E-state index in [4.69, 9.17) is 4.74 Å². The quantitative estimate of drug-likeness (QED) is 0.592. The Morgan fingerprint density at radius 1 is 1.06 bits per heavy atom. The van der Waals surface area contributed by atoms with Crippen LogP contribution in [0.2, 0.25) is 0 Å². The van der Waals surface area contributed by atoms with Crippen LogP contribution in [0.5, 0.6) is 5.75 Å². The van der Waals surface area contributed by atoms with Crippen LogP contribution in [0.3, 0.4) is 0 Å². The van der Waals surface area contributed by atoms with Crippen LogP contribution < -0.4 is 10.1 Å². The van der Waals surface area contributed by atoms with Crippen molar-refractivity contribution < 1.29 is 18.7 Å². The molecule has 1 fully saturated rings. The molecule has 2 amide bonds. The molecule has 1 N–H and O–H groups in total. The number of benzene rings is 2. The standard InChI is InChI=1S/C24H23FN2O3S/c25-19-5-2-7-21(15-19)30-16-17-4-1-6-20(14-17)26-23(28)18-9-11-27(12-10-18)24(29)22-8-3-13-31-22/h1-8,13-15,18H,9-12,16H2,(H,26,28). The summed E-state index contributed by atoms with van der Waals surface area (Å²) in [5.74, 6) is -0.00851. The van der Waals surface area contributed by atoms with Crippen LogP contribution >= 0.6 is 11.3 Å². The molecule has 0 spiro atoms. The molecule has 4 rings (SSSR count). The third-order valence-corrected chi connectivity index (χ3v) is 6.14. The Kier molecular flexibility index (Phi) is 6.62. The summed E-state index contributed by atoms with van der Waals surface area (Å²) in [6.45, 7) is 1.43. The van der Waals surface area contributed by atoms with Crippen molar-refractivity contribution in [3.63, 3.8) is 0 Å². The van der Waals surface area contributed by atoms with Crippen LogP contribution in [0.15, 0.2) is 66.0 Å². The fraction of sp³-hybridized carbons (Fsp3) is 0.250. The predicted octanol–water partition coefficient (Wildman–Crippen LogP) is 4.96. The summed E-state index contributed by atoms with van der Waals surface area (Å²) in [5.41, 5.74) is 1.57. The number of carbonyl (C=O) groups is 2. The molecule has 1 aromatic heterocycles. The van der Waals surface area contributed by atoms with Crippen LogP contribution in [-0.2, 0) is 11.4 Å². The molecule has 7 heteroatoms. The van der Waals surface area contributed by atoms with E-state index >= 15 is 0 Å². The van der Waals surface area contributed by atoms with Gasteiger partial charge in [-0.15, -0.1) is 11.3 Å². The Bertz CT molecular complexity index is 1050. The number of hydrogen-bond donors (Lipinski definition) is 1. The van der Waals surface area contributed by atoms with E-state index in [-0.39, 0.29) is 30.2 Å². The minimum Gasteiger partial charge on any atom is -0.489 e. The van der Waals surface area contributed by atoms with Crippen molar-refractivity contribution in [1.29, 1.82) is 0 Å². The van der Waals surface area contributed by atoms with E-state index in [0.29, 0.717) is 37.4 Å². The molecule has 160 valence electrons. The number of rotatable bonds is 6. The summed E-state index contributed by atoms with van der Waals surface area (Å²) in [4.78, 5) is 27.7. The van der Waals surface area contributed by atoms with Crippen molar-refractivity contribution in [2.75, 3.05) is 18.4 Å². The number of hydrogen-bond acceptors (Lipinski definition) is 4. The van der Waals surface area contributed by atoms with Gasteiger partial charge >= 0.3 is 0 Å². The number of amides is 2. The molecule has 5 nitrogen and oxygen atoms in total. The van der Waals surface area contributed by atoms with Crippen molar-refractivity contribution in [2.45, 2.75) is 19.4 Å². The van der Waals surface area contributed by atoms with Crippen molar-refractivity contribution >= 4 is 28.8 Å². The largest absolute Gasteiger partial charge is 0.489 e. The number of thiophene rings is 1. The first-order valence-corrected chi connectivity index (χ1v) is 11.1. The minimum absolute atomic E-state index is 0.0357. The topological polar surface area (TPSA) is 58.6 Å². The number of carbonyl (C=O) groups excluding carboxylic acids is 2.